The van der Waals surface area contributed by atoms with Gasteiger partial charge in [-0.2, -0.15) is 0 Å². The third-order valence-corrected chi connectivity index (χ3v) is 8.83. The van der Waals surface area contributed by atoms with Crippen LogP contribution in [0.2, 0.25) is 0 Å². The van der Waals surface area contributed by atoms with Crippen molar-refractivity contribution in [3.8, 4) is 11.5 Å². The molecule has 1 aromatic carbocycles. The summed E-state index contributed by atoms with van der Waals surface area (Å²) in [6.07, 6.45) is 4.81. The van der Waals surface area contributed by atoms with Gasteiger partial charge in [-0.15, -0.1) is 0 Å². The molecule has 2 aliphatic heterocycles. The third kappa shape index (κ3) is 5.88. The van der Waals surface area contributed by atoms with E-state index in [-0.39, 0.29) is 24.3 Å². The molecule has 232 valence electrons. The first kappa shape index (κ1) is 29.6. The van der Waals surface area contributed by atoms with Crippen molar-refractivity contribution in [1.82, 2.24) is 19.4 Å². The van der Waals surface area contributed by atoms with E-state index in [1.54, 1.807) is 20.5 Å². The number of anilines is 1. The maximum atomic E-state index is 11.7. The summed E-state index contributed by atoms with van der Waals surface area (Å²) in [6, 6.07) is 8.13. The van der Waals surface area contributed by atoms with E-state index in [2.05, 4.69) is 27.2 Å². The van der Waals surface area contributed by atoms with Crippen molar-refractivity contribution in [3.05, 3.63) is 42.4 Å². The van der Waals surface area contributed by atoms with Gasteiger partial charge in [0.1, 0.15) is 47.6 Å². The molecule has 0 amide bonds. The number of hydrogen-bond acceptors (Lipinski definition) is 11. The van der Waals surface area contributed by atoms with Gasteiger partial charge in [-0.3, -0.25) is 4.79 Å². The number of fused-ring (bicyclic) bond motifs is 2. The van der Waals surface area contributed by atoms with Crippen molar-refractivity contribution in [2.24, 2.45) is 5.92 Å². The van der Waals surface area contributed by atoms with Crippen molar-refractivity contribution < 1.29 is 33.2 Å². The average molecular weight is 596 g/mol. The van der Waals surface area contributed by atoms with E-state index in [0.717, 1.165) is 40.9 Å². The second kappa shape index (κ2) is 11.9. The molecule has 4 atom stereocenters. The molecule has 6 rings (SSSR count). The minimum absolute atomic E-state index is 0.142. The number of esters is 1. The molecule has 12 nitrogen and oxygen atoms in total. The summed E-state index contributed by atoms with van der Waals surface area (Å²) in [7, 11) is 6.83. The first-order valence-corrected chi connectivity index (χ1v) is 14.7. The number of rotatable bonds is 11. The monoisotopic (exact) mass is 595 g/mol. The van der Waals surface area contributed by atoms with Crippen LogP contribution in [0.15, 0.2) is 36.8 Å². The molecule has 0 spiro atoms. The van der Waals surface area contributed by atoms with Gasteiger partial charge in [-0.1, -0.05) is 0 Å². The van der Waals surface area contributed by atoms with E-state index >= 15 is 0 Å². The Bertz CT molecular complexity index is 1460. The Morgan fingerprint density at radius 1 is 1.12 bits per heavy atom. The molecule has 1 N–H and O–H groups in total. The normalized spacial score (nSPS) is 27.6. The molecule has 0 bridgehead atoms. The Hall–Kier alpha value is -3.45. The Morgan fingerprint density at radius 2 is 1.91 bits per heavy atom. The predicted octanol–water partition coefficient (Wildman–Crippen LogP) is 3.75. The number of hydrogen-bond donors (Lipinski definition) is 1. The second-order valence-electron chi connectivity index (χ2n) is 12.1. The summed E-state index contributed by atoms with van der Waals surface area (Å²) in [5.41, 5.74) is 1.72. The molecular weight excluding hydrogens is 554 g/mol. The van der Waals surface area contributed by atoms with Crippen LogP contribution >= 0.6 is 0 Å². The van der Waals surface area contributed by atoms with Gasteiger partial charge < -0.3 is 43.2 Å². The van der Waals surface area contributed by atoms with Crippen LogP contribution < -0.4 is 14.8 Å². The number of aromatic nitrogens is 3. The van der Waals surface area contributed by atoms with Gasteiger partial charge in [-0.05, 0) is 57.9 Å². The summed E-state index contributed by atoms with van der Waals surface area (Å²) in [5, 5.41) is 4.32. The minimum Gasteiger partial charge on any atom is -0.497 e. The first-order chi connectivity index (χ1) is 20.7. The maximum absolute atomic E-state index is 11.7. The zero-order valence-corrected chi connectivity index (χ0v) is 25.6. The Labute approximate surface area is 251 Å². The number of nitrogens with one attached hydrogen (secondary N) is 1. The van der Waals surface area contributed by atoms with Crippen molar-refractivity contribution in [1.29, 1.82) is 0 Å². The lowest BCUT2D eigenvalue weighted by Gasteiger charge is -2.42. The lowest BCUT2D eigenvalue weighted by Crippen LogP contribution is -2.48. The lowest BCUT2D eigenvalue weighted by molar-refractivity contribution is -0.198. The highest BCUT2D eigenvalue weighted by molar-refractivity contribution is 5.87. The van der Waals surface area contributed by atoms with Crippen LogP contribution in [0.3, 0.4) is 0 Å². The fraction of sp³-hybridized carbons (Fsp3) is 0.581. The number of nitrogens with zero attached hydrogens (tertiary/aromatic N) is 4. The standard InChI is InChI=1S/C31H41N5O7/c1-31(2)42-26-24(16-35(3)20-11-18(12-20)13-25(37)40-6)41-30(27(26)43-31)36-10-9-22-28(33-17-34-29(22)36)32-15-19-7-8-21(38-4)14-23(19)39-5/h7-10,14,17-18,20,24,26-27,30H,11-13,15-16H2,1-6H3,(H,32,33,34)/t18?,20?,24-,26-,27-,30-/m1/s1. The van der Waals surface area contributed by atoms with E-state index in [9.17, 15) is 4.79 Å². The number of carbonyl (C=O) groups excluding carboxylic acids is 1. The second-order valence-corrected chi connectivity index (χ2v) is 12.1. The maximum Gasteiger partial charge on any atom is 0.305 e. The Morgan fingerprint density at radius 3 is 2.65 bits per heavy atom. The minimum atomic E-state index is -0.724. The fourth-order valence-corrected chi connectivity index (χ4v) is 6.50. The summed E-state index contributed by atoms with van der Waals surface area (Å²) in [5.74, 6) is 1.68. The third-order valence-electron chi connectivity index (χ3n) is 8.83. The molecule has 3 aliphatic rings. The SMILES string of the molecule is COC(=O)CC1CC(N(C)C[C@H]2O[C@@H](n3ccc4c(NCc5ccc(OC)cc5OC)ncnc43)[C@@H]3OC(C)(C)O[C@@H]32)C1. The smallest absolute Gasteiger partial charge is 0.305 e. The molecule has 1 saturated carbocycles. The van der Waals surface area contributed by atoms with Crippen LogP contribution in [-0.4, -0.2) is 90.5 Å². The number of ether oxygens (including phenoxy) is 6. The Balaban J connectivity index is 1.18. The van der Waals surface area contributed by atoms with Crippen LogP contribution in [0.25, 0.3) is 11.0 Å². The summed E-state index contributed by atoms with van der Waals surface area (Å²) in [4.78, 5) is 23.1. The van der Waals surface area contributed by atoms with E-state index in [1.165, 1.54) is 7.11 Å². The molecule has 0 unspecified atom stereocenters. The van der Waals surface area contributed by atoms with Crippen molar-refractivity contribution in [2.45, 2.75) is 76.0 Å². The van der Waals surface area contributed by atoms with E-state index < -0.39 is 12.0 Å². The average Bonchev–Trinajstić information content (AvgIpc) is 3.64. The molecule has 0 radical (unpaired) electrons. The molecule has 3 fully saturated rings. The molecule has 1 aliphatic carbocycles. The van der Waals surface area contributed by atoms with Gasteiger partial charge in [0.15, 0.2) is 12.0 Å². The number of carbonyl (C=O) groups is 1. The van der Waals surface area contributed by atoms with Gasteiger partial charge in [-0.25, -0.2) is 9.97 Å². The number of likely N-dealkylation sites (N-methyl/N-ethyl adjacent to an activating group) is 1. The summed E-state index contributed by atoms with van der Waals surface area (Å²) in [6.45, 7) is 5.09. The first-order valence-electron chi connectivity index (χ1n) is 14.7. The predicted molar refractivity (Wildman–Crippen MR) is 158 cm³/mol. The van der Waals surface area contributed by atoms with Gasteiger partial charge in [0.2, 0.25) is 0 Å². The number of benzene rings is 1. The highest BCUT2D eigenvalue weighted by Gasteiger charge is 2.56. The lowest BCUT2D eigenvalue weighted by atomic mass is 9.77. The molecule has 12 heteroatoms. The molecule has 3 aromatic rings. The zero-order valence-electron chi connectivity index (χ0n) is 25.6. The van der Waals surface area contributed by atoms with Crippen molar-refractivity contribution in [3.63, 3.8) is 0 Å². The fourth-order valence-electron chi connectivity index (χ4n) is 6.50. The van der Waals surface area contributed by atoms with Crippen molar-refractivity contribution >= 4 is 22.8 Å². The van der Waals surface area contributed by atoms with Crippen LogP contribution in [0.4, 0.5) is 5.82 Å². The molecule has 4 heterocycles. The van der Waals surface area contributed by atoms with E-state index in [4.69, 9.17) is 28.4 Å². The summed E-state index contributed by atoms with van der Waals surface area (Å²) < 4.78 is 37.2. The van der Waals surface area contributed by atoms with Gasteiger partial charge >= 0.3 is 5.97 Å². The molecule has 2 aromatic heterocycles. The zero-order chi connectivity index (χ0) is 30.3. The van der Waals surface area contributed by atoms with Gasteiger partial charge in [0.25, 0.3) is 0 Å². The highest BCUT2D eigenvalue weighted by atomic mass is 16.8. The van der Waals surface area contributed by atoms with E-state index in [0.29, 0.717) is 37.3 Å². The summed E-state index contributed by atoms with van der Waals surface area (Å²) >= 11 is 0. The van der Waals surface area contributed by atoms with Gasteiger partial charge in [0.05, 0.1) is 26.7 Å². The van der Waals surface area contributed by atoms with Gasteiger partial charge in [0, 0.05) is 43.4 Å². The van der Waals surface area contributed by atoms with Crippen LogP contribution in [-0.2, 0) is 30.3 Å². The van der Waals surface area contributed by atoms with Crippen molar-refractivity contribution in [2.75, 3.05) is 40.2 Å². The largest absolute Gasteiger partial charge is 0.497 e. The molecule has 2 saturated heterocycles. The van der Waals surface area contributed by atoms with Crippen LogP contribution in [0.5, 0.6) is 11.5 Å². The molecular formula is C31H41N5O7. The van der Waals surface area contributed by atoms with E-state index in [1.807, 2.05) is 48.9 Å². The quantitative estimate of drug-likeness (QED) is 0.327. The van der Waals surface area contributed by atoms with Crippen LogP contribution in [0.1, 0.15) is 44.9 Å². The molecule has 43 heavy (non-hydrogen) atoms. The van der Waals surface area contributed by atoms with Crippen LogP contribution in [0, 0.1) is 5.92 Å². The topological polar surface area (TPSA) is 118 Å². The number of methoxy groups -OCH3 is 3. The highest BCUT2D eigenvalue weighted by Crippen LogP contribution is 2.45. The Kier molecular flexibility index (Phi) is 8.20.